The molecule has 0 bridgehead atoms. The van der Waals surface area contributed by atoms with Gasteiger partial charge in [0.1, 0.15) is 0 Å². The lowest BCUT2D eigenvalue weighted by molar-refractivity contribution is 0.802. The van der Waals surface area contributed by atoms with Gasteiger partial charge in [0.2, 0.25) is 0 Å². The molecule has 36 heavy (non-hydrogen) atoms. The number of rotatable bonds is 6. The largest absolute Gasteiger partial charge is 0.261 e. The van der Waals surface area contributed by atoms with Crippen LogP contribution in [0, 0.1) is 0 Å². The van der Waals surface area contributed by atoms with Crippen molar-refractivity contribution in [2.45, 2.75) is 119 Å². The van der Waals surface area contributed by atoms with Crippen molar-refractivity contribution in [1.82, 2.24) is 9.97 Å². The highest BCUT2D eigenvalue weighted by Crippen LogP contribution is 2.19. The maximum absolute atomic E-state index is 4.40. The lowest BCUT2D eigenvalue weighted by atomic mass is 9.97. The van der Waals surface area contributed by atoms with Crippen LogP contribution in [0.1, 0.15) is 152 Å². The maximum Gasteiger partial charge on any atom is 0.0429 e. The van der Waals surface area contributed by atoms with Gasteiger partial charge in [-0.1, -0.05) is 119 Å². The second kappa shape index (κ2) is 15.6. The van der Waals surface area contributed by atoms with Crippen LogP contribution < -0.4 is 0 Å². The van der Waals surface area contributed by atoms with Gasteiger partial charge in [-0.25, -0.2) is 0 Å². The number of hydrogen-bond donors (Lipinski definition) is 0. The molecule has 0 saturated heterocycles. The van der Waals surface area contributed by atoms with Crippen LogP contribution in [0.2, 0.25) is 0 Å². The molecule has 2 nitrogen and oxygen atoms in total. The smallest absolute Gasteiger partial charge is 0.0429 e. The molecule has 3 aromatic rings. The first-order chi connectivity index (χ1) is 16.8. The van der Waals surface area contributed by atoms with E-state index in [1.807, 2.05) is 12.4 Å². The molecule has 2 aromatic heterocycles. The van der Waals surface area contributed by atoms with Crippen LogP contribution >= 0.6 is 0 Å². The molecule has 0 saturated carbocycles. The third kappa shape index (κ3) is 11.1. The van der Waals surface area contributed by atoms with E-state index in [1.165, 1.54) is 33.6 Å². The van der Waals surface area contributed by atoms with Gasteiger partial charge in [-0.3, -0.25) is 9.97 Å². The van der Waals surface area contributed by atoms with Crippen molar-refractivity contribution in [3.8, 4) is 0 Å². The quantitative estimate of drug-likeness (QED) is 0.345. The highest BCUT2D eigenvalue weighted by Gasteiger charge is 2.03. The Hall–Kier alpha value is -2.48. The second-order valence-corrected chi connectivity index (χ2v) is 11.6. The predicted molar refractivity (Wildman–Crippen MR) is 159 cm³/mol. The first-order valence-electron chi connectivity index (χ1n) is 13.8. The Bertz CT molecular complexity index is 748. The average Bonchev–Trinajstić information content (AvgIpc) is 2.84. The Labute approximate surface area is 223 Å². The summed E-state index contributed by atoms with van der Waals surface area (Å²) in [5.41, 5.74) is 7.86. The summed E-state index contributed by atoms with van der Waals surface area (Å²) in [6, 6.07) is 17.5. The standard InChI is InChI=1S/C12H18.2C11H17N/c1-9(2)11-5-7-12(8-6-11)10(3)4;2*1-8(2)10-5-6-11(9(3)4)12-7-10/h5-10H,1-4H3;2*5-9H,1-4H3. The highest BCUT2D eigenvalue weighted by atomic mass is 14.7. The normalized spacial score (nSPS) is 11.2. The van der Waals surface area contributed by atoms with E-state index in [2.05, 4.69) is 142 Å². The number of nitrogens with zero attached hydrogens (tertiary/aromatic N) is 2. The van der Waals surface area contributed by atoms with E-state index in [9.17, 15) is 0 Å². The fourth-order valence-corrected chi connectivity index (χ4v) is 3.47. The SMILES string of the molecule is CC(C)c1ccc(C(C)C)cc1.CC(C)c1ccc(C(C)C)nc1.CC(C)c1ccc(C(C)C)nc1. The van der Waals surface area contributed by atoms with Crippen LogP contribution in [0.5, 0.6) is 0 Å². The number of pyridine rings is 2. The molecular weight excluding hydrogens is 436 g/mol. The first kappa shape index (κ1) is 31.5. The minimum atomic E-state index is 0.534. The van der Waals surface area contributed by atoms with Gasteiger partial charge < -0.3 is 0 Å². The zero-order chi connectivity index (χ0) is 27.4. The van der Waals surface area contributed by atoms with Crippen LogP contribution in [0.15, 0.2) is 60.9 Å². The molecule has 0 spiro atoms. The molecule has 0 fully saturated rings. The molecule has 2 heteroatoms. The van der Waals surface area contributed by atoms with Crippen molar-refractivity contribution in [2.75, 3.05) is 0 Å². The van der Waals surface area contributed by atoms with Gasteiger partial charge in [-0.2, -0.15) is 0 Å². The third-order valence-electron chi connectivity index (χ3n) is 6.40. The van der Waals surface area contributed by atoms with E-state index < -0.39 is 0 Å². The minimum Gasteiger partial charge on any atom is -0.261 e. The van der Waals surface area contributed by atoms with E-state index >= 15 is 0 Å². The fourth-order valence-electron chi connectivity index (χ4n) is 3.47. The molecule has 0 unspecified atom stereocenters. The molecule has 0 aliphatic heterocycles. The Morgan fingerprint density at radius 3 is 0.750 bits per heavy atom. The summed E-state index contributed by atoms with van der Waals surface area (Å²) in [6.45, 7) is 26.3. The molecule has 0 N–H and O–H groups in total. The van der Waals surface area contributed by atoms with E-state index in [0.29, 0.717) is 35.5 Å². The maximum atomic E-state index is 4.40. The van der Waals surface area contributed by atoms with Crippen LogP contribution in [-0.2, 0) is 0 Å². The summed E-state index contributed by atoms with van der Waals surface area (Å²) in [6.07, 6.45) is 3.97. The van der Waals surface area contributed by atoms with Gasteiger partial charge in [-0.05, 0) is 69.9 Å². The summed E-state index contributed by atoms with van der Waals surface area (Å²) in [4.78, 5) is 8.80. The van der Waals surface area contributed by atoms with Gasteiger partial charge in [-0.15, -0.1) is 0 Å². The molecule has 0 aliphatic rings. The molecule has 0 atom stereocenters. The zero-order valence-electron chi connectivity index (χ0n) is 25.1. The summed E-state index contributed by atoms with van der Waals surface area (Å²) < 4.78 is 0. The Balaban J connectivity index is 0.000000270. The molecule has 0 amide bonds. The first-order valence-corrected chi connectivity index (χ1v) is 13.8. The average molecular weight is 489 g/mol. The summed E-state index contributed by atoms with van der Waals surface area (Å²) in [7, 11) is 0. The van der Waals surface area contributed by atoms with Crippen molar-refractivity contribution in [2.24, 2.45) is 0 Å². The Kier molecular flexibility index (Phi) is 13.7. The molecular formula is C34H52N2. The van der Waals surface area contributed by atoms with Crippen LogP contribution in [0.4, 0.5) is 0 Å². The Morgan fingerprint density at radius 2 is 0.583 bits per heavy atom. The van der Waals surface area contributed by atoms with Crippen molar-refractivity contribution in [3.63, 3.8) is 0 Å². The van der Waals surface area contributed by atoms with Crippen LogP contribution in [0.3, 0.4) is 0 Å². The van der Waals surface area contributed by atoms with E-state index in [0.717, 1.165) is 0 Å². The fraction of sp³-hybridized carbons (Fsp3) is 0.529. The number of hydrogen-bond acceptors (Lipinski definition) is 2. The number of benzene rings is 1. The van der Waals surface area contributed by atoms with Gasteiger partial charge >= 0.3 is 0 Å². The van der Waals surface area contributed by atoms with E-state index in [4.69, 9.17) is 0 Å². The second-order valence-electron chi connectivity index (χ2n) is 11.6. The molecule has 2 heterocycles. The summed E-state index contributed by atoms with van der Waals surface area (Å²) in [5, 5.41) is 0. The lowest BCUT2D eigenvalue weighted by Crippen LogP contribution is -1.94. The third-order valence-corrected chi connectivity index (χ3v) is 6.40. The van der Waals surface area contributed by atoms with Crippen molar-refractivity contribution < 1.29 is 0 Å². The summed E-state index contributed by atoms with van der Waals surface area (Å²) >= 11 is 0. The molecule has 0 radical (unpaired) electrons. The van der Waals surface area contributed by atoms with Gasteiger partial charge in [0.15, 0.2) is 0 Å². The topological polar surface area (TPSA) is 25.8 Å². The molecule has 3 rings (SSSR count). The molecule has 198 valence electrons. The lowest BCUT2D eigenvalue weighted by Gasteiger charge is -2.08. The molecule has 1 aromatic carbocycles. The van der Waals surface area contributed by atoms with Crippen molar-refractivity contribution >= 4 is 0 Å². The monoisotopic (exact) mass is 488 g/mol. The van der Waals surface area contributed by atoms with Crippen LogP contribution in [0.25, 0.3) is 0 Å². The van der Waals surface area contributed by atoms with Crippen molar-refractivity contribution in [3.05, 3.63) is 94.6 Å². The Morgan fingerprint density at radius 1 is 0.333 bits per heavy atom. The van der Waals surface area contributed by atoms with Crippen LogP contribution in [-0.4, -0.2) is 9.97 Å². The summed E-state index contributed by atoms with van der Waals surface area (Å²) in [5.74, 6) is 3.52. The predicted octanol–water partition coefficient (Wildman–Crippen LogP) is 10.6. The highest BCUT2D eigenvalue weighted by molar-refractivity contribution is 5.26. The number of aromatic nitrogens is 2. The van der Waals surface area contributed by atoms with E-state index in [1.54, 1.807) is 0 Å². The van der Waals surface area contributed by atoms with E-state index in [-0.39, 0.29) is 0 Å². The zero-order valence-corrected chi connectivity index (χ0v) is 25.1. The molecule has 0 aliphatic carbocycles. The van der Waals surface area contributed by atoms with Crippen molar-refractivity contribution in [1.29, 1.82) is 0 Å². The van der Waals surface area contributed by atoms with Gasteiger partial charge in [0, 0.05) is 23.8 Å². The van der Waals surface area contributed by atoms with Gasteiger partial charge in [0.05, 0.1) is 0 Å². The van der Waals surface area contributed by atoms with Gasteiger partial charge in [0.25, 0.3) is 0 Å². The minimum absolute atomic E-state index is 0.534.